The SMILES string of the molecule is Cc1cc(N=Nc2cc(O)c(N=Nc3c(SOO[O-])cc4cc(NCOc5ccccc5O)ccc4c3O)cc2C)ccc1N=Nc1ccc2cc(SOO[O-])cc(S(=O)(=O)[O-])c2c1.[Cu].[Na+].[Na+].[Na+]. The molecule has 0 fully saturated rings. The summed E-state index contributed by atoms with van der Waals surface area (Å²) < 4.78 is 50.5. The van der Waals surface area contributed by atoms with E-state index in [1.807, 2.05) is 0 Å². The number of rotatable bonds is 17. The van der Waals surface area contributed by atoms with Crippen LogP contribution in [0.1, 0.15) is 11.1 Å². The van der Waals surface area contributed by atoms with Crippen LogP contribution < -0.4 is 109 Å². The Morgan fingerprint density at radius 3 is 2.00 bits per heavy atom. The van der Waals surface area contributed by atoms with Gasteiger partial charge in [0.15, 0.2) is 24.0 Å². The first-order valence-corrected chi connectivity index (χ1v) is 21.1. The minimum atomic E-state index is -4.92. The largest absolute Gasteiger partial charge is 1.00 e. The molecule has 339 valence electrons. The molecule has 1 radical (unpaired) electrons. The molecule has 7 aromatic carbocycles. The number of benzene rings is 7. The van der Waals surface area contributed by atoms with Crippen LogP contribution in [0.5, 0.6) is 23.0 Å². The van der Waals surface area contributed by atoms with Crippen molar-refractivity contribution in [3.05, 3.63) is 120 Å². The molecule has 0 spiro atoms. The van der Waals surface area contributed by atoms with E-state index >= 15 is 0 Å². The van der Waals surface area contributed by atoms with Gasteiger partial charge in [-0.1, -0.05) is 18.2 Å². The average Bonchev–Trinajstić information content (AvgIpc) is 3.27. The fourth-order valence-corrected chi connectivity index (χ4v) is 7.84. The summed E-state index contributed by atoms with van der Waals surface area (Å²) in [5, 5.41) is 89.7. The molecule has 0 aliphatic heterocycles. The number of para-hydroxylation sites is 2. The molecule has 0 bridgehead atoms. The second-order valence-electron chi connectivity index (χ2n) is 13.4. The first kappa shape index (κ1) is 59.1. The zero-order chi connectivity index (χ0) is 45.4. The van der Waals surface area contributed by atoms with E-state index in [9.17, 15) is 38.8 Å². The third-order valence-electron chi connectivity index (χ3n) is 9.15. The Morgan fingerprint density at radius 2 is 1.29 bits per heavy atom. The van der Waals surface area contributed by atoms with Gasteiger partial charge < -0.3 is 40.4 Å². The van der Waals surface area contributed by atoms with E-state index in [1.54, 1.807) is 80.6 Å². The minimum absolute atomic E-state index is 0. The fourth-order valence-electron chi connectivity index (χ4n) is 6.10. The van der Waals surface area contributed by atoms with Gasteiger partial charge in [-0.05, 0) is 121 Å². The van der Waals surface area contributed by atoms with Crippen molar-refractivity contribution in [2.24, 2.45) is 30.7 Å². The molecule has 0 aliphatic rings. The van der Waals surface area contributed by atoms with Gasteiger partial charge in [0.1, 0.15) is 27.2 Å². The number of anilines is 1. The number of phenols is 3. The Labute approximate surface area is 472 Å². The number of hydrogen-bond acceptors (Lipinski definition) is 22. The second-order valence-corrected chi connectivity index (χ2v) is 16.2. The molecule has 7 aromatic rings. The van der Waals surface area contributed by atoms with Crippen LogP contribution >= 0.6 is 24.1 Å². The minimum Gasteiger partial charge on any atom is -0.744 e. The monoisotopic (exact) mass is 1060 g/mol. The number of fused-ring (bicyclic) bond motifs is 2. The van der Waals surface area contributed by atoms with Crippen LogP contribution in [0.4, 0.5) is 39.8 Å². The molecule has 0 amide bonds. The summed E-state index contributed by atoms with van der Waals surface area (Å²) in [4.78, 5) is -0.226. The zero-order valence-corrected chi connectivity index (χ0v) is 45.6. The first-order chi connectivity index (χ1) is 30.8. The molecule has 0 aromatic heterocycles. The number of nitrogens with one attached hydrogen (secondary N) is 1. The molecular weight excluding hydrogens is 1030 g/mol. The summed E-state index contributed by atoms with van der Waals surface area (Å²) in [7, 11) is -4.92. The molecule has 0 aliphatic carbocycles. The molecule has 27 heteroatoms. The number of ether oxygens (including phenoxy) is 1. The summed E-state index contributed by atoms with van der Waals surface area (Å²) in [5.74, 6) is -0.319. The summed E-state index contributed by atoms with van der Waals surface area (Å²) in [6.07, 6.45) is 0. The molecule has 0 saturated heterocycles. The predicted molar refractivity (Wildman–Crippen MR) is 227 cm³/mol. The van der Waals surface area contributed by atoms with E-state index < -0.39 is 15.0 Å². The van der Waals surface area contributed by atoms with Gasteiger partial charge in [-0.3, -0.25) is 10.1 Å². The van der Waals surface area contributed by atoms with Crippen molar-refractivity contribution in [1.29, 1.82) is 0 Å². The molecule has 0 unspecified atom stereocenters. The molecule has 20 nitrogen and oxygen atoms in total. The molecule has 4 N–H and O–H groups in total. The maximum absolute atomic E-state index is 12.0. The smallest absolute Gasteiger partial charge is 0.744 e. The maximum atomic E-state index is 12.0. The van der Waals surface area contributed by atoms with Crippen LogP contribution in [0.25, 0.3) is 21.5 Å². The van der Waals surface area contributed by atoms with Gasteiger partial charge >= 0.3 is 88.7 Å². The van der Waals surface area contributed by atoms with Crippen molar-refractivity contribution in [2.45, 2.75) is 28.5 Å². The third-order valence-corrected chi connectivity index (χ3v) is 11.2. The standard InChI is InChI=1S/C41H33N7O13S3.Cu.3Na/c1-22-13-27(10-12-32(22)45-44-28-8-7-24-16-29(62-60-58-52)19-39(31(24)18-28)64(54,55)56)43-46-33-20-36(50)34(14-23(33)2)47-48-40-38(63-61-59-53)17-25-15-26(9-11-30(25)41(40)51)42-21-57-37-6-4-3-5-35(37)49;;;;/h3-20,42,49-53H,21H2,1-2H3,(H,54,55,56);;;;/q;;3*+1/p-3. The predicted octanol–water partition coefficient (Wildman–Crippen LogP) is 0.796. The molecule has 68 heavy (non-hydrogen) atoms. The van der Waals surface area contributed by atoms with Crippen LogP contribution in [0, 0.1) is 13.8 Å². The van der Waals surface area contributed by atoms with Gasteiger partial charge in [-0.2, -0.15) is 29.1 Å². The van der Waals surface area contributed by atoms with Crippen LogP contribution in [0.3, 0.4) is 0 Å². The number of aromatic hydroxyl groups is 3. The maximum Gasteiger partial charge on any atom is 1.00 e. The van der Waals surface area contributed by atoms with E-state index in [0.29, 0.717) is 79.9 Å². The van der Waals surface area contributed by atoms with E-state index in [0.717, 1.165) is 6.07 Å². The Balaban J connectivity index is 0.00000306. The molecular formula is C41H30CuN7Na3O13S3. The normalized spacial score (nSPS) is 11.4. The number of nitrogens with zero attached hydrogens (tertiary/aromatic N) is 6. The van der Waals surface area contributed by atoms with Crippen molar-refractivity contribution in [3.63, 3.8) is 0 Å². The molecule has 0 atom stereocenters. The summed E-state index contributed by atoms with van der Waals surface area (Å²) in [5.41, 5.74) is 3.26. The van der Waals surface area contributed by atoms with Crippen LogP contribution in [-0.2, 0) is 45.9 Å². The molecule has 0 heterocycles. The van der Waals surface area contributed by atoms with Crippen LogP contribution in [0.2, 0.25) is 0 Å². The van der Waals surface area contributed by atoms with Crippen molar-refractivity contribution < 1.29 is 168 Å². The molecule has 0 saturated carbocycles. The van der Waals surface area contributed by atoms with E-state index in [2.05, 4.69) is 54.7 Å². The number of azo groups is 3. The Hall–Kier alpha value is -3.25. The fraction of sp³-hybridized carbons (Fsp3) is 0.0732. The van der Waals surface area contributed by atoms with Gasteiger partial charge in [0, 0.05) is 44.5 Å². The van der Waals surface area contributed by atoms with Crippen LogP contribution in [0.15, 0.2) is 155 Å². The van der Waals surface area contributed by atoms with Gasteiger partial charge in [-0.15, -0.1) is 10.2 Å². The van der Waals surface area contributed by atoms with Gasteiger partial charge in [0.25, 0.3) is 0 Å². The van der Waals surface area contributed by atoms with Crippen molar-refractivity contribution in [2.75, 3.05) is 12.0 Å². The number of hydrogen-bond donors (Lipinski definition) is 4. The zero-order valence-electron chi connectivity index (χ0n) is 36.2. The van der Waals surface area contributed by atoms with Crippen molar-refractivity contribution in [3.8, 4) is 23.0 Å². The average molecular weight is 1060 g/mol. The summed E-state index contributed by atoms with van der Waals surface area (Å²) >= 11 is 0.939. The molecule has 7 rings (SSSR count). The van der Waals surface area contributed by atoms with E-state index in [4.69, 9.17) is 4.74 Å². The third kappa shape index (κ3) is 15.1. The summed E-state index contributed by atoms with van der Waals surface area (Å²) in [6.45, 7) is 3.50. The second kappa shape index (κ2) is 27.4. The van der Waals surface area contributed by atoms with E-state index in [-0.39, 0.29) is 162 Å². The van der Waals surface area contributed by atoms with E-state index in [1.165, 1.54) is 36.4 Å². The number of aryl methyl sites for hydroxylation is 2. The topological polar surface area (TPSA) is 296 Å². The van der Waals surface area contributed by atoms with Crippen molar-refractivity contribution in [1.82, 2.24) is 0 Å². The number of phenolic OH excluding ortho intramolecular Hbond substituents is 3. The van der Waals surface area contributed by atoms with Crippen LogP contribution in [-0.4, -0.2) is 35.0 Å². The van der Waals surface area contributed by atoms with Gasteiger partial charge in [0.05, 0.1) is 56.6 Å². The Kier molecular flexibility index (Phi) is 23.8. The van der Waals surface area contributed by atoms with Gasteiger partial charge in [0.2, 0.25) is 0 Å². The van der Waals surface area contributed by atoms with Crippen molar-refractivity contribution >= 4 is 95.6 Å². The quantitative estimate of drug-likeness (QED) is 0.0187. The van der Waals surface area contributed by atoms with Gasteiger partial charge in [-0.25, -0.2) is 8.42 Å². The Bertz CT molecular complexity index is 3110. The Morgan fingerprint density at radius 1 is 0.632 bits per heavy atom. The first-order valence-electron chi connectivity index (χ1n) is 18.2. The summed E-state index contributed by atoms with van der Waals surface area (Å²) in [6, 6.07) is 28.0.